The zero-order chi connectivity index (χ0) is 13.2. The van der Waals surface area contributed by atoms with Gasteiger partial charge in [-0.3, -0.25) is 10.1 Å². The van der Waals surface area contributed by atoms with Gasteiger partial charge >= 0.3 is 0 Å². The van der Waals surface area contributed by atoms with Crippen molar-refractivity contribution in [2.24, 2.45) is 5.73 Å². The van der Waals surface area contributed by atoms with E-state index in [1.54, 1.807) is 6.20 Å². The molecular formula is C12H15BrN6. The van der Waals surface area contributed by atoms with E-state index in [0.717, 1.165) is 36.1 Å². The van der Waals surface area contributed by atoms with Crippen LogP contribution in [-0.2, 0) is 0 Å². The third kappa shape index (κ3) is 2.62. The molecule has 2 aromatic rings. The zero-order valence-electron chi connectivity index (χ0n) is 10.4. The van der Waals surface area contributed by atoms with Crippen LogP contribution in [0, 0.1) is 0 Å². The van der Waals surface area contributed by atoms with Gasteiger partial charge < -0.3 is 10.6 Å². The summed E-state index contributed by atoms with van der Waals surface area (Å²) >= 11 is 3.46. The Morgan fingerprint density at radius 3 is 3.16 bits per heavy atom. The van der Waals surface area contributed by atoms with Gasteiger partial charge in [-0.05, 0) is 40.9 Å². The number of hydrogen-bond acceptors (Lipinski definition) is 5. The molecule has 0 radical (unpaired) electrons. The Hall–Kier alpha value is -1.47. The second kappa shape index (κ2) is 5.26. The third-order valence-corrected chi connectivity index (χ3v) is 3.84. The van der Waals surface area contributed by atoms with E-state index in [1.807, 2.05) is 12.1 Å². The minimum atomic E-state index is 0.206. The van der Waals surface area contributed by atoms with Crippen LogP contribution in [-0.4, -0.2) is 39.3 Å². The van der Waals surface area contributed by atoms with Gasteiger partial charge in [0.05, 0.1) is 0 Å². The molecular weight excluding hydrogens is 308 g/mol. The number of aromatic nitrogens is 4. The summed E-state index contributed by atoms with van der Waals surface area (Å²) in [5.41, 5.74) is 6.74. The lowest BCUT2D eigenvalue weighted by atomic mass is 10.1. The predicted molar refractivity (Wildman–Crippen MR) is 76.7 cm³/mol. The van der Waals surface area contributed by atoms with Crippen LogP contribution < -0.4 is 10.6 Å². The lowest BCUT2D eigenvalue weighted by Gasteiger charge is -2.29. The lowest BCUT2D eigenvalue weighted by Crippen LogP contribution is -2.43. The van der Waals surface area contributed by atoms with Gasteiger partial charge in [0.2, 0.25) is 5.95 Å². The number of nitrogens with zero attached hydrogens (tertiary/aromatic N) is 4. The molecule has 0 amide bonds. The topological polar surface area (TPSA) is 83.7 Å². The Balaban J connectivity index is 1.85. The highest BCUT2D eigenvalue weighted by Gasteiger charge is 2.21. The highest BCUT2D eigenvalue weighted by molar-refractivity contribution is 9.10. The minimum Gasteiger partial charge on any atom is -0.338 e. The summed E-state index contributed by atoms with van der Waals surface area (Å²) in [4.78, 5) is 10.9. The highest BCUT2D eigenvalue weighted by Crippen LogP contribution is 2.24. The Bertz CT molecular complexity index is 569. The molecule has 100 valence electrons. The zero-order valence-corrected chi connectivity index (χ0v) is 12.0. The SMILES string of the molecule is NC1CCCN(c2n[nH]c(-c3ncccc3Br)n2)C1. The average Bonchev–Trinajstić information content (AvgIpc) is 2.89. The Kier molecular flexibility index (Phi) is 3.48. The largest absolute Gasteiger partial charge is 0.338 e. The maximum Gasteiger partial charge on any atom is 0.245 e. The molecule has 3 N–H and O–H groups in total. The highest BCUT2D eigenvalue weighted by atomic mass is 79.9. The van der Waals surface area contributed by atoms with E-state index >= 15 is 0 Å². The van der Waals surface area contributed by atoms with Crippen LogP contribution in [0.3, 0.4) is 0 Å². The van der Waals surface area contributed by atoms with E-state index in [4.69, 9.17) is 5.73 Å². The van der Waals surface area contributed by atoms with E-state index in [1.165, 1.54) is 0 Å². The molecule has 3 rings (SSSR count). The van der Waals surface area contributed by atoms with Gasteiger partial charge in [-0.1, -0.05) is 0 Å². The summed E-state index contributed by atoms with van der Waals surface area (Å²) in [6, 6.07) is 4.01. The smallest absolute Gasteiger partial charge is 0.245 e. The fraction of sp³-hybridized carbons (Fsp3) is 0.417. The van der Waals surface area contributed by atoms with Crippen LogP contribution in [0.1, 0.15) is 12.8 Å². The molecule has 0 spiro atoms. The second-order valence-corrected chi connectivity index (χ2v) is 5.52. The minimum absolute atomic E-state index is 0.206. The summed E-state index contributed by atoms with van der Waals surface area (Å²) in [5, 5.41) is 7.20. The van der Waals surface area contributed by atoms with Crippen molar-refractivity contribution in [1.82, 2.24) is 20.2 Å². The molecule has 6 nitrogen and oxygen atoms in total. The number of piperidine rings is 1. The fourth-order valence-corrected chi connectivity index (χ4v) is 2.69. The van der Waals surface area contributed by atoms with E-state index in [-0.39, 0.29) is 6.04 Å². The van der Waals surface area contributed by atoms with Gasteiger partial charge in [0.15, 0.2) is 5.82 Å². The van der Waals surface area contributed by atoms with E-state index < -0.39 is 0 Å². The first-order valence-electron chi connectivity index (χ1n) is 6.28. The van der Waals surface area contributed by atoms with E-state index in [0.29, 0.717) is 11.8 Å². The second-order valence-electron chi connectivity index (χ2n) is 4.67. The number of pyridine rings is 1. The van der Waals surface area contributed by atoms with Crippen LogP contribution in [0.15, 0.2) is 22.8 Å². The Morgan fingerprint density at radius 2 is 2.37 bits per heavy atom. The van der Waals surface area contributed by atoms with E-state index in [9.17, 15) is 0 Å². The number of nitrogens with two attached hydrogens (primary N) is 1. The molecule has 7 heteroatoms. The Morgan fingerprint density at radius 1 is 1.47 bits per heavy atom. The first-order chi connectivity index (χ1) is 9.24. The molecule has 1 saturated heterocycles. The maximum atomic E-state index is 5.98. The number of rotatable bonds is 2. The van der Waals surface area contributed by atoms with Crippen molar-refractivity contribution >= 4 is 21.9 Å². The predicted octanol–water partition coefficient (Wildman–Crippen LogP) is 1.56. The summed E-state index contributed by atoms with van der Waals surface area (Å²) in [6.45, 7) is 1.76. The van der Waals surface area contributed by atoms with Crippen LogP contribution >= 0.6 is 15.9 Å². The van der Waals surface area contributed by atoms with Gasteiger partial charge in [0, 0.05) is 29.8 Å². The average molecular weight is 323 g/mol. The lowest BCUT2D eigenvalue weighted by molar-refractivity contribution is 0.500. The van der Waals surface area contributed by atoms with Crippen molar-refractivity contribution in [3.05, 3.63) is 22.8 Å². The molecule has 1 unspecified atom stereocenters. The summed E-state index contributed by atoms with van der Waals surface area (Å²) in [5.74, 6) is 1.37. The number of halogens is 1. The number of aromatic amines is 1. The van der Waals surface area contributed by atoms with Crippen LogP contribution in [0.25, 0.3) is 11.5 Å². The van der Waals surface area contributed by atoms with Crippen molar-refractivity contribution in [3.8, 4) is 11.5 Å². The van der Waals surface area contributed by atoms with Crippen molar-refractivity contribution in [1.29, 1.82) is 0 Å². The van der Waals surface area contributed by atoms with Gasteiger partial charge in [0.1, 0.15) is 5.69 Å². The Labute approximate surface area is 119 Å². The molecule has 1 fully saturated rings. The number of anilines is 1. The normalized spacial score (nSPS) is 19.7. The van der Waals surface area contributed by atoms with Gasteiger partial charge in [-0.25, -0.2) is 0 Å². The van der Waals surface area contributed by atoms with Crippen molar-refractivity contribution in [3.63, 3.8) is 0 Å². The number of hydrogen-bond donors (Lipinski definition) is 2. The monoisotopic (exact) mass is 322 g/mol. The van der Waals surface area contributed by atoms with Gasteiger partial charge in [-0.2, -0.15) is 4.98 Å². The molecule has 0 aromatic carbocycles. The van der Waals surface area contributed by atoms with Crippen LogP contribution in [0.5, 0.6) is 0 Å². The summed E-state index contributed by atoms with van der Waals surface area (Å²) in [6.07, 6.45) is 3.89. The summed E-state index contributed by atoms with van der Waals surface area (Å²) < 4.78 is 0.896. The van der Waals surface area contributed by atoms with E-state index in [2.05, 4.69) is 41.0 Å². The van der Waals surface area contributed by atoms with Gasteiger partial charge in [-0.15, -0.1) is 5.10 Å². The first kappa shape index (κ1) is 12.6. The standard InChI is InChI=1S/C12H15BrN6/c13-9-4-1-5-15-10(9)11-16-12(18-17-11)19-6-2-3-8(14)7-19/h1,4-5,8H,2-3,6-7,14H2,(H,16,17,18). The molecule has 1 atom stereocenters. The maximum absolute atomic E-state index is 5.98. The molecule has 0 bridgehead atoms. The number of nitrogens with one attached hydrogen (secondary N) is 1. The first-order valence-corrected chi connectivity index (χ1v) is 7.07. The van der Waals surface area contributed by atoms with Crippen molar-refractivity contribution in [2.75, 3.05) is 18.0 Å². The number of H-pyrrole nitrogens is 1. The molecule has 0 aliphatic carbocycles. The molecule has 1 aliphatic heterocycles. The molecule has 19 heavy (non-hydrogen) atoms. The molecule has 2 aromatic heterocycles. The third-order valence-electron chi connectivity index (χ3n) is 3.20. The molecule has 0 saturated carbocycles. The van der Waals surface area contributed by atoms with Crippen molar-refractivity contribution in [2.45, 2.75) is 18.9 Å². The molecule has 3 heterocycles. The molecule has 1 aliphatic rings. The van der Waals surface area contributed by atoms with Crippen molar-refractivity contribution < 1.29 is 0 Å². The fourth-order valence-electron chi connectivity index (χ4n) is 2.25. The van der Waals surface area contributed by atoms with Crippen LogP contribution in [0.4, 0.5) is 5.95 Å². The quantitative estimate of drug-likeness (QED) is 0.876. The summed E-state index contributed by atoms with van der Waals surface area (Å²) in [7, 11) is 0. The van der Waals surface area contributed by atoms with Gasteiger partial charge in [0.25, 0.3) is 0 Å². The van der Waals surface area contributed by atoms with Crippen LogP contribution in [0.2, 0.25) is 0 Å².